The van der Waals surface area contributed by atoms with E-state index in [9.17, 15) is 0 Å². The molecule has 0 saturated carbocycles. The van der Waals surface area contributed by atoms with Gasteiger partial charge in [-0.05, 0) is 50.8 Å². The van der Waals surface area contributed by atoms with Gasteiger partial charge in [0.15, 0.2) is 0 Å². The molecule has 0 fully saturated rings. The van der Waals surface area contributed by atoms with Crippen molar-refractivity contribution >= 4 is 0 Å². The zero-order valence-electron chi connectivity index (χ0n) is 12.0. The molecule has 0 saturated heterocycles. The second-order valence-corrected chi connectivity index (χ2v) is 5.38. The van der Waals surface area contributed by atoms with Gasteiger partial charge in [0.2, 0.25) is 0 Å². The largest absolute Gasteiger partial charge is 0.310 e. The van der Waals surface area contributed by atoms with Gasteiger partial charge in [-0.3, -0.25) is 0 Å². The lowest BCUT2D eigenvalue weighted by Gasteiger charge is -2.19. The van der Waals surface area contributed by atoms with Crippen molar-refractivity contribution in [1.29, 1.82) is 0 Å². The van der Waals surface area contributed by atoms with Crippen molar-refractivity contribution in [3.63, 3.8) is 0 Å². The summed E-state index contributed by atoms with van der Waals surface area (Å²) in [7, 11) is 0. The fraction of sp³-hybridized carbons (Fsp3) is 0.625. The van der Waals surface area contributed by atoms with E-state index in [1.807, 2.05) is 0 Å². The first kappa shape index (κ1) is 14.2. The van der Waals surface area contributed by atoms with Crippen molar-refractivity contribution < 1.29 is 0 Å². The molecule has 0 aliphatic carbocycles. The number of rotatable bonds is 6. The van der Waals surface area contributed by atoms with Crippen LogP contribution in [0.1, 0.15) is 56.3 Å². The molecule has 1 rings (SSSR count). The van der Waals surface area contributed by atoms with Gasteiger partial charge in [0.1, 0.15) is 0 Å². The van der Waals surface area contributed by atoms with Crippen LogP contribution in [0.3, 0.4) is 0 Å². The van der Waals surface area contributed by atoms with E-state index in [0.29, 0.717) is 6.04 Å². The zero-order valence-corrected chi connectivity index (χ0v) is 12.0. The Bertz CT molecular complexity index is 343. The standard InChI is InChI=1S/C16H27N/c1-6-7-13(3)11-17-15(5)16-9-8-12(2)10-14(16)4/h8-10,13,15,17H,6-7,11H2,1-5H3. The molecule has 0 spiro atoms. The molecule has 0 radical (unpaired) electrons. The number of hydrogen-bond donors (Lipinski definition) is 1. The number of hydrogen-bond acceptors (Lipinski definition) is 1. The van der Waals surface area contributed by atoms with Crippen molar-refractivity contribution in [1.82, 2.24) is 5.32 Å². The Morgan fingerprint density at radius 1 is 1.18 bits per heavy atom. The molecule has 0 amide bonds. The smallest absolute Gasteiger partial charge is 0.0294 e. The van der Waals surface area contributed by atoms with Gasteiger partial charge in [-0.15, -0.1) is 0 Å². The SMILES string of the molecule is CCCC(C)CNC(C)c1ccc(C)cc1C. The summed E-state index contributed by atoms with van der Waals surface area (Å²) in [5.74, 6) is 0.771. The molecule has 0 bridgehead atoms. The topological polar surface area (TPSA) is 12.0 Å². The van der Waals surface area contributed by atoms with E-state index in [1.54, 1.807) is 0 Å². The predicted molar refractivity (Wildman–Crippen MR) is 76.4 cm³/mol. The van der Waals surface area contributed by atoms with E-state index in [4.69, 9.17) is 0 Å². The number of nitrogens with one attached hydrogen (secondary N) is 1. The first-order chi connectivity index (χ1) is 8.04. The maximum absolute atomic E-state index is 3.64. The summed E-state index contributed by atoms with van der Waals surface area (Å²) >= 11 is 0. The monoisotopic (exact) mass is 233 g/mol. The van der Waals surface area contributed by atoms with Gasteiger partial charge in [0.25, 0.3) is 0 Å². The minimum atomic E-state index is 0.454. The first-order valence-electron chi connectivity index (χ1n) is 6.85. The van der Waals surface area contributed by atoms with E-state index < -0.39 is 0 Å². The van der Waals surface area contributed by atoms with Gasteiger partial charge in [0, 0.05) is 6.04 Å². The minimum Gasteiger partial charge on any atom is -0.310 e. The summed E-state index contributed by atoms with van der Waals surface area (Å²) in [5, 5.41) is 3.64. The Balaban J connectivity index is 2.54. The van der Waals surface area contributed by atoms with Crippen LogP contribution in [-0.2, 0) is 0 Å². The van der Waals surface area contributed by atoms with Crippen molar-refractivity contribution in [3.8, 4) is 0 Å². The molecule has 0 aliphatic rings. The Labute approximate surface area is 107 Å². The van der Waals surface area contributed by atoms with Crippen LogP contribution in [0.4, 0.5) is 0 Å². The normalized spacial score (nSPS) is 14.6. The molecule has 0 aromatic heterocycles. The number of aryl methyl sites for hydroxylation is 2. The van der Waals surface area contributed by atoms with E-state index in [2.05, 4.69) is 58.1 Å². The van der Waals surface area contributed by atoms with Crippen molar-refractivity contribution in [2.45, 2.75) is 53.5 Å². The van der Waals surface area contributed by atoms with Crippen LogP contribution in [0.5, 0.6) is 0 Å². The summed E-state index contributed by atoms with van der Waals surface area (Å²) in [6, 6.07) is 7.18. The van der Waals surface area contributed by atoms with Gasteiger partial charge < -0.3 is 5.32 Å². The first-order valence-corrected chi connectivity index (χ1v) is 6.85. The molecule has 0 heterocycles. The summed E-state index contributed by atoms with van der Waals surface area (Å²) < 4.78 is 0. The van der Waals surface area contributed by atoms with Gasteiger partial charge in [-0.25, -0.2) is 0 Å². The molecule has 0 aliphatic heterocycles. The Hall–Kier alpha value is -0.820. The quantitative estimate of drug-likeness (QED) is 0.768. The fourth-order valence-electron chi connectivity index (χ4n) is 2.39. The highest BCUT2D eigenvalue weighted by atomic mass is 14.9. The molecule has 1 N–H and O–H groups in total. The van der Waals surface area contributed by atoms with E-state index in [1.165, 1.54) is 29.5 Å². The lowest BCUT2D eigenvalue weighted by molar-refractivity contribution is 0.443. The summed E-state index contributed by atoms with van der Waals surface area (Å²) in [5.41, 5.74) is 4.17. The third-order valence-corrected chi connectivity index (χ3v) is 3.45. The summed E-state index contributed by atoms with van der Waals surface area (Å²) in [6.07, 6.45) is 2.59. The van der Waals surface area contributed by atoms with Crippen LogP contribution in [0.25, 0.3) is 0 Å². The van der Waals surface area contributed by atoms with Crippen molar-refractivity contribution in [3.05, 3.63) is 34.9 Å². The average molecular weight is 233 g/mol. The predicted octanol–water partition coefficient (Wildman–Crippen LogP) is 4.39. The Kier molecular flexibility index (Phi) is 5.70. The van der Waals surface area contributed by atoms with Gasteiger partial charge in [-0.1, -0.05) is 44.0 Å². The van der Waals surface area contributed by atoms with E-state index >= 15 is 0 Å². The number of benzene rings is 1. The fourth-order valence-corrected chi connectivity index (χ4v) is 2.39. The van der Waals surface area contributed by atoms with Crippen LogP contribution in [0.15, 0.2) is 18.2 Å². The van der Waals surface area contributed by atoms with Crippen LogP contribution >= 0.6 is 0 Å². The maximum atomic E-state index is 3.64. The molecule has 2 atom stereocenters. The second-order valence-electron chi connectivity index (χ2n) is 5.38. The molecule has 17 heavy (non-hydrogen) atoms. The average Bonchev–Trinajstić information content (AvgIpc) is 2.26. The van der Waals surface area contributed by atoms with E-state index in [0.717, 1.165) is 12.5 Å². The molecule has 1 nitrogen and oxygen atoms in total. The van der Waals surface area contributed by atoms with Crippen LogP contribution < -0.4 is 5.32 Å². The van der Waals surface area contributed by atoms with E-state index in [-0.39, 0.29) is 0 Å². The Morgan fingerprint density at radius 3 is 2.47 bits per heavy atom. The van der Waals surface area contributed by atoms with Crippen LogP contribution in [-0.4, -0.2) is 6.54 Å². The molecule has 1 heteroatoms. The summed E-state index contributed by atoms with van der Waals surface area (Å²) in [6.45, 7) is 12.3. The lowest BCUT2D eigenvalue weighted by Crippen LogP contribution is -2.25. The molecular formula is C16H27N. The van der Waals surface area contributed by atoms with Gasteiger partial charge in [0.05, 0.1) is 0 Å². The molecule has 1 aromatic carbocycles. The lowest BCUT2D eigenvalue weighted by atomic mass is 9.99. The van der Waals surface area contributed by atoms with Gasteiger partial charge in [-0.2, -0.15) is 0 Å². The third-order valence-electron chi connectivity index (χ3n) is 3.45. The molecule has 1 aromatic rings. The highest BCUT2D eigenvalue weighted by Crippen LogP contribution is 2.19. The zero-order chi connectivity index (χ0) is 12.8. The van der Waals surface area contributed by atoms with Crippen LogP contribution in [0, 0.1) is 19.8 Å². The summed E-state index contributed by atoms with van der Waals surface area (Å²) in [4.78, 5) is 0. The highest BCUT2D eigenvalue weighted by molar-refractivity contribution is 5.32. The van der Waals surface area contributed by atoms with Gasteiger partial charge >= 0.3 is 0 Å². The second kappa shape index (κ2) is 6.80. The van der Waals surface area contributed by atoms with Crippen molar-refractivity contribution in [2.75, 3.05) is 6.54 Å². The highest BCUT2D eigenvalue weighted by Gasteiger charge is 2.09. The molecule has 2 unspecified atom stereocenters. The molecular weight excluding hydrogens is 206 g/mol. The minimum absolute atomic E-state index is 0.454. The van der Waals surface area contributed by atoms with Crippen molar-refractivity contribution in [2.24, 2.45) is 5.92 Å². The third kappa shape index (κ3) is 4.51. The van der Waals surface area contributed by atoms with Crippen LogP contribution in [0.2, 0.25) is 0 Å². The molecule has 96 valence electrons. The Morgan fingerprint density at radius 2 is 1.88 bits per heavy atom. The maximum Gasteiger partial charge on any atom is 0.0294 e.